The molecule has 1 aromatic heterocycles. The molecule has 5 rings (SSSR count). The quantitative estimate of drug-likeness (QED) is 0.274. The van der Waals surface area contributed by atoms with Crippen molar-refractivity contribution in [3.63, 3.8) is 0 Å². The van der Waals surface area contributed by atoms with Crippen molar-refractivity contribution in [1.29, 1.82) is 0 Å². The highest BCUT2D eigenvalue weighted by Gasteiger charge is 2.33. The number of aliphatic hydroxyl groups is 1. The third-order valence-electron chi connectivity index (χ3n) is 8.38. The van der Waals surface area contributed by atoms with Gasteiger partial charge in [-0.05, 0) is 61.5 Å². The molecule has 9 nitrogen and oxygen atoms in total. The monoisotopic (exact) mass is 598 g/mol. The van der Waals surface area contributed by atoms with Gasteiger partial charge in [0, 0.05) is 55.4 Å². The van der Waals surface area contributed by atoms with Crippen molar-refractivity contribution < 1.29 is 24.2 Å². The van der Waals surface area contributed by atoms with E-state index >= 15 is 0 Å². The van der Waals surface area contributed by atoms with Gasteiger partial charge in [0.1, 0.15) is 17.6 Å². The number of anilines is 1. The number of nitrogens with one attached hydrogen (secondary N) is 1. The van der Waals surface area contributed by atoms with E-state index in [1.165, 1.54) is 0 Å². The average molecular weight is 599 g/mol. The standard InChI is InChI=1S/C35H42N4O5/c1-23-18-39(24(2)22-40)35(42)30-17-27(36-34(41)16-26-20-38(4)31-9-7-6-8-29(26)31)12-15-32(30)44-33(23)21-37(3)19-25-10-13-28(43-5)14-11-25/h6-15,17,20,23-24,33,40H,16,18-19,21-22H2,1-5H3,(H,36,41)/t23-,24+,33+/m0/s1. The lowest BCUT2D eigenvalue weighted by atomic mass is 9.99. The van der Waals surface area contributed by atoms with E-state index in [1.54, 1.807) is 30.2 Å². The van der Waals surface area contributed by atoms with Gasteiger partial charge in [0.05, 0.1) is 31.7 Å². The normalized spacial score (nSPS) is 17.5. The second-order valence-electron chi connectivity index (χ2n) is 11.9. The molecule has 2 heterocycles. The van der Waals surface area contributed by atoms with Crippen molar-refractivity contribution in [2.24, 2.45) is 13.0 Å². The Morgan fingerprint density at radius 2 is 1.91 bits per heavy atom. The molecule has 0 bridgehead atoms. The van der Waals surface area contributed by atoms with Gasteiger partial charge in [0.25, 0.3) is 5.91 Å². The molecular formula is C35H42N4O5. The van der Waals surface area contributed by atoms with Crippen LogP contribution in [0.2, 0.25) is 0 Å². The predicted molar refractivity (Wildman–Crippen MR) is 172 cm³/mol. The summed E-state index contributed by atoms with van der Waals surface area (Å²) in [6.07, 6.45) is 1.96. The Morgan fingerprint density at radius 3 is 2.64 bits per heavy atom. The van der Waals surface area contributed by atoms with Crippen molar-refractivity contribution >= 4 is 28.4 Å². The topological polar surface area (TPSA) is 96.3 Å². The SMILES string of the molecule is COc1ccc(CN(C)C[C@H]2Oc3ccc(NC(=O)Cc4cn(C)c5ccccc45)cc3C(=O)N([C@H](C)CO)C[C@@H]2C)cc1. The third kappa shape index (κ3) is 6.90. The zero-order valence-corrected chi connectivity index (χ0v) is 26.1. The molecule has 0 saturated carbocycles. The highest BCUT2D eigenvalue weighted by atomic mass is 16.5. The second-order valence-corrected chi connectivity index (χ2v) is 11.9. The third-order valence-corrected chi connectivity index (χ3v) is 8.38. The minimum Gasteiger partial charge on any atom is -0.497 e. The molecule has 1 aliphatic rings. The fraction of sp³-hybridized carbons (Fsp3) is 0.371. The van der Waals surface area contributed by atoms with Crippen LogP contribution < -0.4 is 14.8 Å². The minimum atomic E-state index is -0.377. The maximum atomic E-state index is 13.8. The fourth-order valence-corrected chi connectivity index (χ4v) is 5.88. The Bertz CT molecular complexity index is 1620. The lowest BCUT2D eigenvalue weighted by Crippen LogP contribution is -2.49. The lowest BCUT2D eigenvalue weighted by molar-refractivity contribution is -0.115. The number of fused-ring (bicyclic) bond motifs is 2. The van der Waals surface area contributed by atoms with Gasteiger partial charge in [0.15, 0.2) is 0 Å². The van der Waals surface area contributed by atoms with Crippen LogP contribution in [-0.4, -0.2) is 77.3 Å². The largest absolute Gasteiger partial charge is 0.497 e. The number of carbonyl (C=O) groups excluding carboxylic acids is 2. The summed E-state index contributed by atoms with van der Waals surface area (Å²) in [7, 11) is 5.67. The molecule has 3 aromatic carbocycles. The van der Waals surface area contributed by atoms with Crippen molar-refractivity contribution in [3.8, 4) is 11.5 Å². The van der Waals surface area contributed by atoms with Crippen molar-refractivity contribution in [2.75, 3.05) is 39.2 Å². The first-order valence-electron chi connectivity index (χ1n) is 15.0. The number of amides is 2. The Kier molecular flexibility index (Phi) is 9.56. The summed E-state index contributed by atoms with van der Waals surface area (Å²) < 4.78 is 13.8. The van der Waals surface area contributed by atoms with Crippen LogP contribution in [0.3, 0.4) is 0 Å². The summed E-state index contributed by atoms with van der Waals surface area (Å²) in [5.41, 5.74) is 4.04. The molecule has 0 radical (unpaired) electrons. The Labute approximate surface area is 259 Å². The molecule has 0 spiro atoms. The van der Waals surface area contributed by atoms with E-state index in [0.29, 0.717) is 30.1 Å². The number of aryl methyl sites for hydroxylation is 1. The summed E-state index contributed by atoms with van der Waals surface area (Å²) in [6, 6.07) is 20.8. The van der Waals surface area contributed by atoms with Crippen LogP contribution in [0.25, 0.3) is 10.9 Å². The molecule has 0 saturated heterocycles. The van der Waals surface area contributed by atoms with E-state index in [-0.39, 0.29) is 42.9 Å². The molecule has 1 aliphatic heterocycles. The number of carbonyl (C=O) groups is 2. The van der Waals surface area contributed by atoms with Gasteiger partial charge in [-0.25, -0.2) is 0 Å². The summed E-state index contributed by atoms with van der Waals surface area (Å²) in [4.78, 5) is 30.9. The van der Waals surface area contributed by atoms with Gasteiger partial charge in [-0.1, -0.05) is 37.3 Å². The maximum Gasteiger partial charge on any atom is 0.258 e. The van der Waals surface area contributed by atoms with E-state index in [2.05, 4.69) is 17.1 Å². The van der Waals surface area contributed by atoms with Crippen molar-refractivity contribution in [2.45, 2.75) is 39.0 Å². The fourth-order valence-electron chi connectivity index (χ4n) is 5.88. The smallest absolute Gasteiger partial charge is 0.258 e. The number of ether oxygens (including phenoxy) is 2. The number of likely N-dealkylation sites (N-methyl/N-ethyl adjacent to an activating group) is 1. The molecule has 0 aliphatic carbocycles. The van der Waals surface area contributed by atoms with Gasteiger partial charge >= 0.3 is 0 Å². The summed E-state index contributed by atoms with van der Waals surface area (Å²) >= 11 is 0. The van der Waals surface area contributed by atoms with Gasteiger partial charge in [-0.2, -0.15) is 0 Å². The lowest BCUT2D eigenvalue weighted by Gasteiger charge is -2.38. The number of aromatic nitrogens is 1. The molecule has 3 atom stereocenters. The van der Waals surface area contributed by atoms with Crippen LogP contribution in [0.5, 0.6) is 11.5 Å². The molecule has 4 aromatic rings. The van der Waals surface area contributed by atoms with Crippen LogP contribution in [0.15, 0.2) is 72.9 Å². The number of hydrogen-bond donors (Lipinski definition) is 2. The molecule has 2 amide bonds. The molecular weight excluding hydrogens is 556 g/mol. The number of rotatable bonds is 10. The molecule has 0 unspecified atom stereocenters. The maximum absolute atomic E-state index is 13.8. The van der Waals surface area contributed by atoms with Gasteiger partial charge in [0.2, 0.25) is 5.91 Å². The Morgan fingerprint density at radius 1 is 1.16 bits per heavy atom. The minimum absolute atomic E-state index is 0.000470. The van der Waals surface area contributed by atoms with E-state index in [4.69, 9.17) is 9.47 Å². The van der Waals surface area contributed by atoms with Crippen LogP contribution in [-0.2, 0) is 24.8 Å². The van der Waals surface area contributed by atoms with Crippen LogP contribution in [0.4, 0.5) is 5.69 Å². The number of hydrogen-bond acceptors (Lipinski definition) is 6. The highest BCUT2D eigenvalue weighted by Crippen LogP contribution is 2.31. The van der Waals surface area contributed by atoms with Gasteiger partial charge < -0.3 is 29.4 Å². The number of methoxy groups -OCH3 is 1. The number of aliphatic hydroxyl groups excluding tert-OH is 1. The van der Waals surface area contributed by atoms with Crippen LogP contribution in [0, 0.1) is 5.92 Å². The van der Waals surface area contributed by atoms with Gasteiger partial charge in [-0.3, -0.25) is 14.5 Å². The van der Waals surface area contributed by atoms with E-state index in [9.17, 15) is 14.7 Å². The molecule has 9 heteroatoms. The predicted octanol–water partition coefficient (Wildman–Crippen LogP) is 4.72. The van der Waals surface area contributed by atoms with Crippen molar-refractivity contribution in [1.82, 2.24) is 14.4 Å². The van der Waals surface area contributed by atoms with Crippen molar-refractivity contribution in [3.05, 3.63) is 89.6 Å². The molecule has 2 N–H and O–H groups in total. The molecule has 44 heavy (non-hydrogen) atoms. The zero-order valence-electron chi connectivity index (χ0n) is 26.1. The summed E-state index contributed by atoms with van der Waals surface area (Å²) in [6.45, 7) is 5.54. The Hall–Kier alpha value is -4.34. The first-order valence-corrected chi connectivity index (χ1v) is 15.0. The highest BCUT2D eigenvalue weighted by molar-refractivity contribution is 6.00. The second kappa shape index (κ2) is 13.5. The summed E-state index contributed by atoms with van der Waals surface area (Å²) in [5, 5.41) is 14.0. The Balaban J connectivity index is 1.36. The molecule has 0 fully saturated rings. The van der Waals surface area contributed by atoms with E-state index in [1.807, 2.05) is 80.3 Å². The zero-order chi connectivity index (χ0) is 31.4. The number of benzene rings is 3. The van der Waals surface area contributed by atoms with Crippen LogP contribution >= 0.6 is 0 Å². The van der Waals surface area contributed by atoms with E-state index in [0.717, 1.165) is 34.3 Å². The first kappa shape index (κ1) is 31.1. The first-order chi connectivity index (χ1) is 21.2. The average Bonchev–Trinajstić information content (AvgIpc) is 3.33. The van der Waals surface area contributed by atoms with E-state index < -0.39 is 0 Å². The molecule has 232 valence electrons. The summed E-state index contributed by atoms with van der Waals surface area (Å²) in [5.74, 6) is 0.874. The van der Waals surface area contributed by atoms with Crippen LogP contribution in [0.1, 0.15) is 35.3 Å². The number of para-hydroxylation sites is 1. The van der Waals surface area contributed by atoms with Gasteiger partial charge in [-0.15, -0.1) is 0 Å². The number of nitrogens with zero attached hydrogens (tertiary/aromatic N) is 3.